The van der Waals surface area contributed by atoms with Crippen LogP contribution in [0.15, 0.2) is 0 Å². The Labute approximate surface area is 74.9 Å². The summed E-state index contributed by atoms with van der Waals surface area (Å²) in [4.78, 5) is 13.1. The van der Waals surface area contributed by atoms with Gasteiger partial charge in [-0.3, -0.25) is 4.79 Å². The second kappa shape index (κ2) is 6.00. The molecule has 3 heteroatoms. The normalized spacial score (nSPS) is 12.7. The van der Waals surface area contributed by atoms with Crippen molar-refractivity contribution in [2.24, 2.45) is 5.73 Å². The van der Waals surface area contributed by atoms with Crippen molar-refractivity contribution in [3.8, 4) is 0 Å². The second-order valence-corrected chi connectivity index (χ2v) is 3.19. The van der Waals surface area contributed by atoms with Gasteiger partial charge in [0.25, 0.3) is 0 Å². The van der Waals surface area contributed by atoms with Crippen LogP contribution in [0.25, 0.3) is 0 Å². The highest BCUT2D eigenvalue weighted by Crippen LogP contribution is 2.01. The summed E-state index contributed by atoms with van der Waals surface area (Å²) in [6.07, 6.45) is 2.69. The van der Waals surface area contributed by atoms with Crippen LogP contribution in [0.2, 0.25) is 0 Å². The van der Waals surface area contributed by atoms with Crippen LogP contribution in [0.1, 0.15) is 33.1 Å². The van der Waals surface area contributed by atoms with Crippen molar-refractivity contribution >= 4 is 5.91 Å². The molecule has 0 heterocycles. The molecule has 0 spiro atoms. The average Bonchev–Trinajstić information content (AvgIpc) is 2.11. The van der Waals surface area contributed by atoms with Crippen LogP contribution in [0, 0.1) is 0 Å². The van der Waals surface area contributed by atoms with E-state index in [4.69, 9.17) is 5.73 Å². The lowest BCUT2D eigenvalue weighted by molar-refractivity contribution is -0.131. The molecule has 0 saturated heterocycles. The van der Waals surface area contributed by atoms with Gasteiger partial charge in [-0.1, -0.05) is 13.3 Å². The van der Waals surface area contributed by atoms with Crippen LogP contribution in [0.3, 0.4) is 0 Å². The second-order valence-electron chi connectivity index (χ2n) is 3.19. The SMILES string of the molecule is CCCCC(=O)N(C)C(C)CN. The number of carbonyl (C=O) groups excluding carboxylic acids is 1. The van der Waals surface area contributed by atoms with Gasteiger partial charge >= 0.3 is 0 Å². The molecule has 0 rings (SSSR count). The van der Waals surface area contributed by atoms with Crippen LogP contribution in [-0.4, -0.2) is 30.4 Å². The molecule has 0 saturated carbocycles. The molecule has 1 amide bonds. The molecule has 1 atom stereocenters. The number of nitrogens with zero attached hydrogens (tertiary/aromatic N) is 1. The van der Waals surface area contributed by atoms with Crippen molar-refractivity contribution in [3.63, 3.8) is 0 Å². The first-order valence-electron chi connectivity index (χ1n) is 4.59. The zero-order valence-corrected chi connectivity index (χ0v) is 8.34. The van der Waals surface area contributed by atoms with Crippen molar-refractivity contribution in [2.75, 3.05) is 13.6 Å². The Morgan fingerprint density at radius 2 is 2.17 bits per heavy atom. The van der Waals surface area contributed by atoms with Crippen molar-refractivity contribution < 1.29 is 4.79 Å². The van der Waals surface area contributed by atoms with Gasteiger partial charge in [-0.05, 0) is 13.3 Å². The van der Waals surface area contributed by atoms with E-state index in [9.17, 15) is 4.79 Å². The monoisotopic (exact) mass is 172 g/mol. The summed E-state index contributed by atoms with van der Waals surface area (Å²) in [5.41, 5.74) is 5.45. The molecule has 0 aliphatic rings. The topological polar surface area (TPSA) is 46.3 Å². The summed E-state index contributed by atoms with van der Waals surface area (Å²) in [6.45, 7) is 4.58. The standard InChI is InChI=1S/C9H20N2O/c1-4-5-6-9(12)11(3)8(2)7-10/h8H,4-7,10H2,1-3H3. The smallest absolute Gasteiger partial charge is 0.222 e. The molecule has 0 aliphatic heterocycles. The first-order valence-corrected chi connectivity index (χ1v) is 4.59. The van der Waals surface area contributed by atoms with Crippen molar-refractivity contribution in [3.05, 3.63) is 0 Å². The highest BCUT2D eigenvalue weighted by Gasteiger charge is 2.12. The van der Waals surface area contributed by atoms with E-state index in [0.717, 1.165) is 12.8 Å². The Morgan fingerprint density at radius 1 is 1.58 bits per heavy atom. The van der Waals surface area contributed by atoms with Crippen molar-refractivity contribution in [1.29, 1.82) is 0 Å². The Morgan fingerprint density at radius 3 is 2.58 bits per heavy atom. The van der Waals surface area contributed by atoms with E-state index in [0.29, 0.717) is 13.0 Å². The summed E-state index contributed by atoms with van der Waals surface area (Å²) < 4.78 is 0. The summed E-state index contributed by atoms with van der Waals surface area (Å²) in [6, 6.07) is 0.161. The number of carbonyl (C=O) groups is 1. The summed E-state index contributed by atoms with van der Waals surface area (Å²) >= 11 is 0. The number of hydrogen-bond acceptors (Lipinski definition) is 2. The zero-order valence-electron chi connectivity index (χ0n) is 8.34. The lowest BCUT2D eigenvalue weighted by Crippen LogP contribution is -2.39. The van der Waals surface area contributed by atoms with Crippen LogP contribution < -0.4 is 5.73 Å². The highest BCUT2D eigenvalue weighted by atomic mass is 16.2. The molecule has 0 fully saturated rings. The fourth-order valence-corrected chi connectivity index (χ4v) is 0.908. The molecule has 2 N–H and O–H groups in total. The maximum absolute atomic E-state index is 11.4. The van der Waals surface area contributed by atoms with E-state index in [1.807, 2.05) is 14.0 Å². The molecular formula is C9H20N2O. The van der Waals surface area contributed by atoms with E-state index in [-0.39, 0.29) is 11.9 Å². The van der Waals surface area contributed by atoms with Gasteiger partial charge in [-0.2, -0.15) is 0 Å². The van der Waals surface area contributed by atoms with Gasteiger partial charge in [0, 0.05) is 26.1 Å². The molecule has 0 aromatic carbocycles. The maximum Gasteiger partial charge on any atom is 0.222 e. The molecule has 72 valence electrons. The lowest BCUT2D eigenvalue weighted by atomic mass is 10.2. The zero-order chi connectivity index (χ0) is 9.56. The van der Waals surface area contributed by atoms with Gasteiger partial charge in [0.05, 0.1) is 0 Å². The maximum atomic E-state index is 11.4. The van der Waals surface area contributed by atoms with Crippen LogP contribution in [-0.2, 0) is 4.79 Å². The average molecular weight is 172 g/mol. The molecule has 0 radical (unpaired) electrons. The van der Waals surface area contributed by atoms with Gasteiger partial charge in [0.1, 0.15) is 0 Å². The first-order chi connectivity index (χ1) is 5.63. The van der Waals surface area contributed by atoms with E-state index >= 15 is 0 Å². The summed E-state index contributed by atoms with van der Waals surface area (Å²) in [5.74, 6) is 0.204. The van der Waals surface area contributed by atoms with E-state index in [2.05, 4.69) is 6.92 Å². The molecule has 0 bridgehead atoms. The quantitative estimate of drug-likeness (QED) is 0.672. The van der Waals surface area contributed by atoms with Crippen LogP contribution in [0.4, 0.5) is 0 Å². The van der Waals surface area contributed by atoms with Crippen molar-refractivity contribution in [1.82, 2.24) is 4.90 Å². The molecule has 0 aromatic rings. The Kier molecular flexibility index (Phi) is 5.72. The Balaban J connectivity index is 3.75. The molecule has 1 unspecified atom stereocenters. The molecule has 0 aliphatic carbocycles. The van der Waals surface area contributed by atoms with Crippen LogP contribution in [0.5, 0.6) is 0 Å². The third-order valence-electron chi connectivity index (χ3n) is 2.14. The first kappa shape index (κ1) is 11.4. The number of likely N-dealkylation sites (N-methyl/N-ethyl adjacent to an activating group) is 1. The summed E-state index contributed by atoms with van der Waals surface area (Å²) in [5, 5.41) is 0. The van der Waals surface area contributed by atoms with Crippen LogP contribution >= 0.6 is 0 Å². The fraction of sp³-hybridized carbons (Fsp3) is 0.889. The largest absolute Gasteiger partial charge is 0.342 e. The number of rotatable bonds is 5. The van der Waals surface area contributed by atoms with Crippen molar-refractivity contribution in [2.45, 2.75) is 39.2 Å². The van der Waals surface area contributed by atoms with Gasteiger partial charge in [-0.25, -0.2) is 0 Å². The minimum atomic E-state index is 0.161. The Hall–Kier alpha value is -0.570. The third-order valence-corrected chi connectivity index (χ3v) is 2.14. The summed E-state index contributed by atoms with van der Waals surface area (Å²) in [7, 11) is 1.82. The molecule has 12 heavy (non-hydrogen) atoms. The fourth-order valence-electron chi connectivity index (χ4n) is 0.908. The van der Waals surface area contributed by atoms with Gasteiger partial charge < -0.3 is 10.6 Å². The molecule has 3 nitrogen and oxygen atoms in total. The number of unbranched alkanes of at least 4 members (excludes halogenated alkanes) is 1. The predicted molar refractivity (Wildman–Crippen MR) is 50.8 cm³/mol. The molecule has 0 aromatic heterocycles. The predicted octanol–water partition coefficient (Wildman–Crippen LogP) is 0.982. The number of nitrogens with two attached hydrogens (primary N) is 1. The minimum absolute atomic E-state index is 0.161. The van der Waals surface area contributed by atoms with Gasteiger partial charge in [0.2, 0.25) is 5.91 Å². The third kappa shape index (κ3) is 3.72. The number of hydrogen-bond donors (Lipinski definition) is 1. The van der Waals surface area contributed by atoms with Gasteiger partial charge in [0.15, 0.2) is 0 Å². The molecular weight excluding hydrogens is 152 g/mol. The van der Waals surface area contributed by atoms with E-state index < -0.39 is 0 Å². The minimum Gasteiger partial charge on any atom is -0.342 e. The van der Waals surface area contributed by atoms with E-state index in [1.54, 1.807) is 4.90 Å². The van der Waals surface area contributed by atoms with Gasteiger partial charge in [-0.15, -0.1) is 0 Å². The Bertz CT molecular complexity index is 136. The lowest BCUT2D eigenvalue weighted by Gasteiger charge is -2.23. The number of amides is 1. The van der Waals surface area contributed by atoms with E-state index in [1.165, 1.54) is 0 Å². The highest BCUT2D eigenvalue weighted by molar-refractivity contribution is 5.76.